The van der Waals surface area contributed by atoms with Gasteiger partial charge in [0.1, 0.15) is 0 Å². The van der Waals surface area contributed by atoms with Gasteiger partial charge >= 0.3 is 0 Å². The number of hydrogen-bond acceptors (Lipinski definition) is 3. The number of rotatable bonds is 4. The monoisotopic (exact) mass is 533 g/mol. The SMILES string of the molecule is Cc1sc2cc(CC(C)C)ccc2c1-c1sc2ccnc(-c3cc(C(C)(C)C)c4ccccc4c3)c2c1C. The Morgan fingerprint density at radius 3 is 2.39 bits per heavy atom. The Morgan fingerprint density at radius 2 is 1.63 bits per heavy atom. The maximum atomic E-state index is 5.00. The fourth-order valence-electron chi connectivity index (χ4n) is 5.86. The predicted octanol–water partition coefficient (Wildman–Crippen LogP) is 11.1. The number of hydrogen-bond donors (Lipinski definition) is 0. The highest BCUT2D eigenvalue weighted by atomic mass is 32.1. The van der Waals surface area contributed by atoms with Gasteiger partial charge in [-0.3, -0.25) is 4.98 Å². The molecule has 6 aromatic rings. The predicted molar refractivity (Wildman–Crippen MR) is 170 cm³/mol. The molecule has 0 fully saturated rings. The van der Waals surface area contributed by atoms with Crippen LogP contribution in [0.4, 0.5) is 0 Å². The second-order valence-electron chi connectivity index (χ2n) is 12.0. The van der Waals surface area contributed by atoms with E-state index in [0.29, 0.717) is 5.92 Å². The number of aryl methyl sites for hydroxylation is 2. The molecule has 0 spiro atoms. The van der Waals surface area contributed by atoms with Gasteiger partial charge in [0.25, 0.3) is 0 Å². The van der Waals surface area contributed by atoms with E-state index in [4.69, 9.17) is 4.98 Å². The molecule has 0 atom stereocenters. The smallest absolute Gasteiger partial charge is 0.0791 e. The molecule has 0 N–H and O–H groups in total. The zero-order valence-corrected chi connectivity index (χ0v) is 25.0. The number of pyridine rings is 1. The molecule has 192 valence electrons. The van der Waals surface area contributed by atoms with E-state index in [9.17, 15) is 0 Å². The Labute approximate surface area is 234 Å². The Balaban J connectivity index is 1.57. The van der Waals surface area contributed by atoms with E-state index in [0.717, 1.165) is 12.1 Å². The molecular formula is C35H35NS2. The second kappa shape index (κ2) is 9.32. The van der Waals surface area contributed by atoms with E-state index < -0.39 is 0 Å². The van der Waals surface area contributed by atoms with Crippen LogP contribution in [-0.4, -0.2) is 4.98 Å². The Hall–Kier alpha value is -3.01. The summed E-state index contributed by atoms with van der Waals surface area (Å²) < 4.78 is 2.71. The normalized spacial score (nSPS) is 12.4. The van der Waals surface area contributed by atoms with Crippen LogP contribution in [0.5, 0.6) is 0 Å². The minimum Gasteiger partial charge on any atom is -0.256 e. The van der Waals surface area contributed by atoms with Crippen molar-refractivity contribution in [2.24, 2.45) is 5.92 Å². The van der Waals surface area contributed by atoms with Gasteiger partial charge in [0.05, 0.1) is 5.69 Å². The molecule has 1 nitrogen and oxygen atoms in total. The van der Waals surface area contributed by atoms with Crippen LogP contribution in [0.25, 0.3) is 52.6 Å². The molecule has 3 heteroatoms. The Bertz CT molecular complexity index is 1820. The van der Waals surface area contributed by atoms with E-state index in [1.54, 1.807) is 0 Å². The number of fused-ring (bicyclic) bond motifs is 3. The lowest BCUT2D eigenvalue weighted by Crippen LogP contribution is -2.12. The third-order valence-electron chi connectivity index (χ3n) is 7.59. The van der Waals surface area contributed by atoms with Gasteiger partial charge in [-0.05, 0) is 83.3 Å². The van der Waals surface area contributed by atoms with Crippen molar-refractivity contribution < 1.29 is 0 Å². The number of nitrogens with zero attached hydrogens (tertiary/aromatic N) is 1. The van der Waals surface area contributed by atoms with Crippen LogP contribution in [0.3, 0.4) is 0 Å². The van der Waals surface area contributed by atoms with Gasteiger partial charge in [0.15, 0.2) is 0 Å². The first-order chi connectivity index (χ1) is 18.1. The number of thiophene rings is 2. The standard InChI is InChI=1S/C35H35NS2/c1-20(2)16-23-12-13-27-30(17-23)37-22(4)32(27)34-21(3)31-29(38-34)14-15-36-33(31)25-18-24-10-8-9-11-26(24)28(19-25)35(5,6)7/h8-15,17-20H,16H2,1-7H3. The maximum absolute atomic E-state index is 5.00. The van der Waals surface area contributed by atoms with Gasteiger partial charge in [0, 0.05) is 47.3 Å². The zero-order chi connectivity index (χ0) is 26.8. The van der Waals surface area contributed by atoms with E-state index in [2.05, 4.69) is 109 Å². The molecule has 0 saturated heterocycles. The molecule has 3 heterocycles. The summed E-state index contributed by atoms with van der Waals surface area (Å²) in [5.74, 6) is 0.664. The van der Waals surface area contributed by atoms with Crippen LogP contribution in [-0.2, 0) is 11.8 Å². The van der Waals surface area contributed by atoms with Gasteiger partial charge in [-0.2, -0.15) is 0 Å². The summed E-state index contributed by atoms with van der Waals surface area (Å²) in [6, 6.07) is 22.7. The lowest BCUT2D eigenvalue weighted by molar-refractivity contribution is 0.596. The highest BCUT2D eigenvalue weighted by molar-refractivity contribution is 7.24. The molecule has 0 aliphatic heterocycles. The molecule has 0 saturated carbocycles. The fraction of sp³-hybridized carbons (Fsp3) is 0.286. The van der Waals surface area contributed by atoms with Gasteiger partial charge in [-0.15, -0.1) is 22.7 Å². The van der Waals surface area contributed by atoms with Crippen molar-refractivity contribution in [3.8, 4) is 21.7 Å². The molecule has 0 unspecified atom stereocenters. The summed E-state index contributed by atoms with van der Waals surface area (Å²) in [7, 11) is 0. The largest absolute Gasteiger partial charge is 0.256 e. The first-order valence-electron chi connectivity index (χ1n) is 13.6. The molecule has 0 bridgehead atoms. The molecule has 3 aromatic heterocycles. The highest BCUT2D eigenvalue weighted by Gasteiger charge is 2.23. The van der Waals surface area contributed by atoms with Crippen molar-refractivity contribution in [3.63, 3.8) is 0 Å². The van der Waals surface area contributed by atoms with Crippen molar-refractivity contribution in [2.45, 2.75) is 60.3 Å². The molecule has 3 aromatic carbocycles. The number of benzene rings is 3. The third-order valence-corrected chi connectivity index (χ3v) is 9.93. The quantitative estimate of drug-likeness (QED) is 0.220. The first kappa shape index (κ1) is 25.3. The van der Waals surface area contributed by atoms with Gasteiger partial charge in [-0.25, -0.2) is 0 Å². The summed E-state index contributed by atoms with van der Waals surface area (Å²) in [5.41, 5.74) is 7.89. The molecule has 0 radical (unpaired) electrons. The van der Waals surface area contributed by atoms with Crippen LogP contribution in [0, 0.1) is 19.8 Å². The summed E-state index contributed by atoms with van der Waals surface area (Å²) >= 11 is 3.85. The summed E-state index contributed by atoms with van der Waals surface area (Å²) in [6.45, 7) is 16.1. The van der Waals surface area contributed by atoms with E-state index in [1.165, 1.54) is 68.5 Å². The first-order valence-corrected chi connectivity index (χ1v) is 15.2. The van der Waals surface area contributed by atoms with Crippen molar-refractivity contribution in [2.75, 3.05) is 0 Å². The second-order valence-corrected chi connectivity index (χ2v) is 14.4. The molecular weight excluding hydrogens is 499 g/mol. The average Bonchev–Trinajstić information content (AvgIpc) is 3.37. The molecule has 38 heavy (non-hydrogen) atoms. The van der Waals surface area contributed by atoms with Crippen molar-refractivity contribution >= 4 is 53.6 Å². The number of aromatic nitrogens is 1. The van der Waals surface area contributed by atoms with Gasteiger partial charge < -0.3 is 0 Å². The molecule has 0 aliphatic rings. The van der Waals surface area contributed by atoms with E-state index >= 15 is 0 Å². The zero-order valence-electron chi connectivity index (χ0n) is 23.4. The van der Waals surface area contributed by atoms with Crippen LogP contribution < -0.4 is 0 Å². The van der Waals surface area contributed by atoms with Crippen molar-refractivity contribution in [3.05, 3.63) is 88.4 Å². The van der Waals surface area contributed by atoms with Gasteiger partial charge in [-0.1, -0.05) is 71.0 Å². The summed E-state index contributed by atoms with van der Waals surface area (Å²) in [6.07, 6.45) is 3.11. The molecule has 6 rings (SSSR count). The summed E-state index contributed by atoms with van der Waals surface area (Å²) in [4.78, 5) is 7.77. The van der Waals surface area contributed by atoms with Crippen LogP contribution in [0.1, 0.15) is 56.2 Å². The Morgan fingerprint density at radius 1 is 0.842 bits per heavy atom. The van der Waals surface area contributed by atoms with Crippen LogP contribution in [0.15, 0.2) is 66.9 Å². The van der Waals surface area contributed by atoms with Gasteiger partial charge in [0.2, 0.25) is 0 Å². The lowest BCUT2D eigenvalue weighted by atomic mass is 9.82. The third kappa shape index (κ3) is 4.26. The molecule has 0 amide bonds. The lowest BCUT2D eigenvalue weighted by Gasteiger charge is -2.23. The molecule has 0 aliphatic carbocycles. The fourth-order valence-corrected chi connectivity index (χ4v) is 8.38. The van der Waals surface area contributed by atoms with Crippen molar-refractivity contribution in [1.82, 2.24) is 4.98 Å². The average molecular weight is 534 g/mol. The maximum Gasteiger partial charge on any atom is 0.0791 e. The minimum atomic E-state index is 0.0412. The summed E-state index contributed by atoms with van der Waals surface area (Å²) in [5, 5.41) is 5.28. The minimum absolute atomic E-state index is 0.0412. The van der Waals surface area contributed by atoms with Crippen molar-refractivity contribution in [1.29, 1.82) is 0 Å². The van der Waals surface area contributed by atoms with E-state index in [1.807, 2.05) is 28.9 Å². The topological polar surface area (TPSA) is 12.9 Å². The van der Waals surface area contributed by atoms with Crippen LogP contribution in [0.2, 0.25) is 0 Å². The Kier molecular flexibility index (Phi) is 6.20. The van der Waals surface area contributed by atoms with E-state index in [-0.39, 0.29) is 5.41 Å². The van der Waals surface area contributed by atoms with Crippen LogP contribution >= 0.6 is 22.7 Å². The highest BCUT2D eigenvalue weighted by Crippen LogP contribution is 2.48.